The van der Waals surface area contributed by atoms with E-state index in [2.05, 4.69) is 25.7 Å². The molecule has 0 heterocycles. The quantitative estimate of drug-likeness (QED) is 0.434. The van der Waals surface area contributed by atoms with Gasteiger partial charge in [-0.2, -0.15) is 0 Å². The number of hydrogen-bond acceptors (Lipinski definition) is 1. The van der Waals surface area contributed by atoms with Gasteiger partial charge < -0.3 is 4.79 Å². The second kappa shape index (κ2) is 2.37. The Morgan fingerprint density at radius 1 is 1.55 bits per heavy atom. The van der Waals surface area contributed by atoms with Crippen LogP contribution in [0.15, 0.2) is 0 Å². The topological polar surface area (TPSA) is 17.1 Å². The summed E-state index contributed by atoms with van der Waals surface area (Å²) < 4.78 is 0. The summed E-state index contributed by atoms with van der Waals surface area (Å²) >= 11 is 0. The van der Waals surface area contributed by atoms with Crippen LogP contribution in [0.1, 0.15) is 33.6 Å². The summed E-state index contributed by atoms with van der Waals surface area (Å²) in [6.07, 6.45) is 2.82. The van der Waals surface area contributed by atoms with Crippen LogP contribution in [-0.4, -0.2) is 6.29 Å². The van der Waals surface area contributed by atoms with Crippen LogP contribution in [0.5, 0.6) is 0 Å². The van der Waals surface area contributed by atoms with Crippen LogP contribution >= 0.6 is 0 Å². The fraction of sp³-hybridized carbons (Fsp3) is 0.700. The van der Waals surface area contributed by atoms with E-state index in [1.54, 1.807) is 0 Å². The van der Waals surface area contributed by atoms with Crippen molar-refractivity contribution in [3.8, 4) is 11.8 Å². The number of carbonyl (C=O) groups excluding carboxylic acids is 1. The van der Waals surface area contributed by atoms with E-state index < -0.39 is 0 Å². The molecule has 0 saturated heterocycles. The standard InChI is InChI=1S/C10H14O/c1-4-5-6-10(8-11)7-9(10,2)3/h8H,6-7H2,1-3H3. The summed E-state index contributed by atoms with van der Waals surface area (Å²) in [5, 5.41) is 0. The van der Waals surface area contributed by atoms with Crippen molar-refractivity contribution in [1.29, 1.82) is 0 Å². The average molecular weight is 150 g/mol. The molecule has 1 fully saturated rings. The molecule has 60 valence electrons. The maximum Gasteiger partial charge on any atom is 0.127 e. The van der Waals surface area contributed by atoms with Gasteiger partial charge in [0, 0.05) is 11.8 Å². The van der Waals surface area contributed by atoms with Crippen molar-refractivity contribution in [2.75, 3.05) is 0 Å². The Labute approximate surface area is 68.2 Å². The van der Waals surface area contributed by atoms with Crippen LogP contribution < -0.4 is 0 Å². The van der Waals surface area contributed by atoms with Crippen LogP contribution in [-0.2, 0) is 4.79 Å². The van der Waals surface area contributed by atoms with Gasteiger partial charge in [0.15, 0.2) is 0 Å². The first kappa shape index (κ1) is 8.33. The van der Waals surface area contributed by atoms with Crippen molar-refractivity contribution in [3.63, 3.8) is 0 Å². The molecule has 0 aromatic carbocycles. The van der Waals surface area contributed by atoms with Gasteiger partial charge in [-0.15, -0.1) is 11.8 Å². The largest absolute Gasteiger partial charge is 0.303 e. The maximum absolute atomic E-state index is 10.7. The molecule has 11 heavy (non-hydrogen) atoms. The summed E-state index contributed by atoms with van der Waals surface area (Å²) in [4.78, 5) is 10.7. The van der Waals surface area contributed by atoms with Gasteiger partial charge in [0.1, 0.15) is 6.29 Å². The van der Waals surface area contributed by atoms with Gasteiger partial charge in [-0.05, 0) is 18.8 Å². The summed E-state index contributed by atoms with van der Waals surface area (Å²) in [5.41, 5.74) is 0.0780. The normalized spacial score (nSPS) is 31.9. The Morgan fingerprint density at radius 3 is 2.36 bits per heavy atom. The third kappa shape index (κ3) is 1.18. The van der Waals surface area contributed by atoms with E-state index in [0.29, 0.717) is 0 Å². The first-order chi connectivity index (χ1) is 5.08. The number of hydrogen-bond donors (Lipinski definition) is 0. The summed E-state index contributed by atoms with van der Waals surface area (Å²) in [5.74, 6) is 5.80. The van der Waals surface area contributed by atoms with Crippen molar-refractivity contribution in [2.24, 2.45) is 10.8 Å². The van der Waals surface area contributed by atoms with E-state index >= 15 is 0 Å². The Kier molecular flexibility index (Phi) is 1.80. The third-order valence-electron chi connectivity index (χ3n) is 2.79. The second-order valence-electron chi connectivity index (χ2n) is 3.94. The molecular formula is C10H14O. The lowest BCUT2D eigenvalue weighted by molar-refractivity contribution is -0.113. The minimum absolute atomic E-state index is 0.115. The van der Waals surface area contributed by atoms with Crippen LogP contribution in [0, 0.1) is 22.7 Å². The van der Waals surface area contributed by atoms with Crippen molar-refractivity contribution in [2.45, 2.75) is 33.6 Å². The van der Waals surface area contributed by atoms with Gasteiger partial charge in [0.2, 0.25) is 0 Å². The Hall–Kier alpha value is -0.770. The van der Waals surface area contributed by atoms with Gasteiger partial charge in [-0.1, -0.05) is 13.8 Å². The Balaban J connectivity index is 2.65. The predicted molar refractivity (Wildman–Crippen MR) is 45.0 cm³/mol. The SMILES string of the molecule is CC#CCC1(C=O)CC1(C)C. The van der Waals surface area contributed by atoms with Crippen molar-refractivity contribution >= 4 is 6.29 Å². The fourth-order valence-corrected chi connectivity index (χ4v) is 1.54. The lowest BCUT2D eigenvalue weighted by atomic mass is 9.94. The minimum Gasteiger partial charge on any atom is -0.303 e. The monoisotopic (exact) mass is 150 g/mol. The van der Waals surface area contributed by atoms with E-state index in [-0.39, 0.29) is 10.8 Å². The number of aldehydes is 1. The smallest absolute Gasteiger partial charge is 0.127 e. The zero-order valence-corrected chi connectivity index (χ0v) is 7.40. The Bertz CT molecular complexity index is 229. The lowest BCUT2D eigenvalue weighted by Gasteiger charge is -2.08. The molecule has 1 aliphatic rings. The zero-order valence-electron chi connectivity index (χ0n) is 7.40. The van der Waals surface area contributed by atoms with Gasteiger partial charge >= 0.3 is 0 Å². The zero-order chi connectivity index (χ0) is 8.54. The third-order valence-corrected chi connectivity index (χ3v) is 2.79. The predicted octanol–water partition coefficient (Wildman–Crippen LogP) is 2.02. The molecule has 0 aromatic heterocycles. The number of rotatable bonds is 2. The molecular weight excluding hydrogens is 136 g/mol. The molecule has 1 nitrogen and oxygen atoms in total. The molecule has 0 aromatic rings. The fourth-order valence-electron chi connectivity index (χ4n) is 1.54. The van der Waals surface area contributed by atoms with Crippen LogP contribution in [0.4, 0.5) is 0 Å². The molecule has 0 spiro atoms. The minimum atomic E-state index is -0.115. The molecule has 0 aliphatic heterocycles. The van der Waals surface area contributed by atoms with E-state index in [4.69, 9.17) is 0 Å². The molecule has 0 N–H and O–H groups in total. The van der Waals surface area contributed by atoms with E-state index in [0.717, 1.165) is 19.1 Å². The van der Waals surface area contributed by atoms with E-state index in [1.807, 2.05) is 6.92 Å². The molecule has 1 saturated carbocycles. The van der Waals surface area contributed by atoms with Crippen LogP contribution in [0.25, 0.3) is 0 Å². The first-order valence-electron chi connectivity index (χ1n) is 3.94. The second-order valence-corrected chi connectivity index (χ2v) is 3.94. The highest BCUT2D eigenvalue weighted by Crippen LogP contribution is 2.63. The van der Waals surface area contributed by atoms with Crippen molar-refractivity contribution in [3.05, 3.63) is 0 Å². The molecule has 1 rings (SSSR count). The highest BCUT2D eigenvalue weighted by atomic mass is 16.1. The lowest BCUT2D eigenvalue weighted by Crippen LogP contribution is -2.09. The average Bonchev–Trinajstić information content (AvgIpc) is 2.50. The molecule has 1 unspecified atom stereocenters. The van der Waals surface area contributed by atoms with E-state index in [9.17, 15) is 4.79 Å². The molecule has 0 amide bonds. The molecule has 0 bridgehead atoms. The van der Waals surface area contributed by atoms with Gasteiger partial charge in [-0.3, -0.25) is 0 Å². The van der Waals surface area contributed by atoms with Gasteiger partial charge in [-0.25, -0.2) is 0 Å². The maximum atomic E-state index is 10.7. The molecule has 0 radical (unpaired) electrons. The first-order valence-corrected chi connectivity index (χ1v) is 3.94. The van der Waals surface area contributed by atoms with E-state index in [1.165, 1.54) is 0 Å². The summed E-state index contributed by atoms with van der Waals surface area (Å²) in [6, 6.07) is 0. The van der Waals surface area contributed by atoms with Gasteiger partial charge in [0.25, 0.3) is 0 Å². The summed E-state index contributed by atoms with van der Waals surface area (Å²) in [7, 11) is 0. The highest BCUT2D eigenvalue weighted by Gasteiger charge is 2.60. The Morgan fingerprint density at radius 2 is 2.09 bits per heavy atom. The van der Waals surface area contributed by atoms with Gasteiger partial charge in [0.05, 0.1) is 0 Å². The van der Waals surface area contributed by atoms with Crippen LogP contribution in [0.2, 0.25) is 0 Å². The van der Waals surface area contributed by atoms with Crippen molar-refractivity contribution < 1.29 is 4.79 Å². The molecule has 1 heteroatoms. The molecule has 1 atom stereocenters. The highest BCUT2D eigenvalue weighted by molar-refractivity contribution is 5.67. The summed E-state index contributed by atoms with van der Waals surface area (Å²) in [6.45, 7) is 6.06. The van der Waals surface area contributed by atoms with Crippen LogP contribution in [0.3, 0.4) is 0 Å². The molecule has 1 aliphatic carbocycles. The van der Waals surface area contributed by atoms with Crippen molar-refractivity contribution in [1.82, 2.24) is 0 Å². The number of carbonyl (C=O) groups is 1.